The van der Waals surface area contributed by atoms with E-state index in [1.807, 2.05) is 7.05 Å². The predicted molar refractivity (Wildman–Crippen MR) is 89.4 cm³/mol. The van der Waals surface area contributed by atoms with Crippen LogP contribution in [0.3, 0.4) is 0 Å². The Hall–Kier alpha value is -0.850. The number of methoxy groups -OCH3 is 1. The average Bonchev–Trinajstić information content (AvgIpc) is 3.01. The first kappa shape index (κ1) is 17.5. The molecule has 0 aromatic carbocycles. The fourth-order valence-corrected chi connectivity index (χ4v) is 3.21. The Kier molecular flexibility index (Phi) is 7.98. The minimum atomic E-state index is 0.643. The van der Waals surface area contributed by atoms with Crippen LogP contribution in [0.2, 0.25) is 0 Å². The van der Waals surface area contributed by atoms with E-state index in [4.69, 9.17) is 9.47 Å². The number of hydrogen-bond donors (Lipinski definition) is 1. The van der Waals surface area contributed by atoms with Crippen LogP contribution in [-0.2, 0) is 9.47 Å². The molecule has 0 saturated carbocycles. The van der Waals surface area contributed by atoms with E-state index in [2.05, 4.69) is 20.1 Å². The number of nitrogens with zero attached hydrogens (tertiary/aromatic N) is 3. The Labute approximate surface area is 134 Å². The van der Waals surface area contributed by atoms with Gasteiger partial charge in [0.2, 0.25) is 0 Å². The Morgan fingerprint density at radius 1 is 1.27 bits per heavy atom. The van der Waals surface area contributed by atoms with Gasteiger partial charge < -0.3 is 19.7 Å². The average molecular weight is 312 g/mol. The largest absolute Gasteiger partial charge is 0.384 e. The fraction of sp³-hybridized carbons (Fsp3) is 0.938. The van der Waals surface area contributed by atoms with Crippen LogP contribution in [0.1, 0.15) is 19.3 Å². The molecule has 128 valence electrons. The van der Waals surface area contributed by atoms with Crippen molar-refractivity contribution in [2.24, 2.45) is 10.9 Å². The van der Waals surface area contributed by atoms with Crippen LogP contribution in [0.5, 0.6) is 0 Å². The quantitative estimate of drug-likeness (QED) is 0.425. The lowest BCUT2D eigenvalue weighted by atomic mass is 10.1. The molecule has 22 heavy (non-hydrogen) atoms. The molecule has 6 nitrogen and oxygen atoms in total. The van der Waals surface area contributed by atoms with E-state index < -0.39 is 0 Å². The summed E-state index contributed by atoms with van der Waals surface area (Å²) in [5.74, 6) is 1.69. The molecular formula is C16H32N4O2. The summed E-state index contributed by atoms with van der Waals surface area (Å²) in [5.41, 5.74) is 0. The third-order valence-electron chi connectivity index (χ3n) is 4.49. The minimum absolute atomic E-state index is 0.643. The van der Waals surface area contributed by atoms with Crippen LogP contribution < -0.4 is 5.32 Å². The molecule has 1 atom stereocenters. The van der Waals surface area contributed by atoms with Crippen LogP contribution >= 0.6 is 0 Å². The van der Waals surface area contributed by atoms with E-state index in [0.29, 0.717) is 5.92 Å². The molecule has 0 spiro atoms. The number of morpholine rings is 1. The molecule has 6 heteroatoms. The Bertz CT molecular complexity index is 332. The molecule has 1 N–H and O–H groups in total. The zero-order valence-electron chi connectivity index (χ0n) is 14.2. The van der Waals surface area contributed by atoms with Crippen molar-refractivity contribution in [2.75, 3.05) is 73.2 Å². The van der Waals surface area contributed by atoms with Crippen molar-refractivity contribution in [3.05, 3.63) is 0 Å². The summed E-state index contributed by atoms with van der Waals surface area (Å²) >= 11 is 0. The summed E-state index contributed by atoms with van der Waals surface area (Å²) < 4.78 is 10.6. The van der Waals surface area contributed by atoms with Crippen LogP contribution in [0, 0.1) is 5.92 Å². The Balaban J connectivity index is 1.56. The maximum atomic E-state index is 5.37. The highest BCUT2D eigenvalue weighted by Crippen LogP contribution is 2.16. The Morgan fingerprint density at radius 2 is 2.09 bits per heavy atom. The fourth-order valence-electron chi connectivity index (χ4n) is 3.21. The molecular weight excluding hydrogens is 280 g/mol. The first-order valence-corrected chi connectivity index (χ1v) is 8.58. The van der Waals surface area contributed by atoms with E-state index >= 15 is 0 Å². The topological polar surface area (TPSA) is 49.3 Å². The lowest BCUT2D eigenvalue weighted by Gasteiger charge is -2.26. The van der Waals surface area contributed by atoms with Crippen molar-refractivity contribution in [3.8, 4) is 0 Å². The van der Waals surface area contributed by atoms with Gasteiger partial charge in [0.05, 0.1) is 19.8 Å². The van der Waals surface area contributed by atoms with Crippen molar-refractivity contribution in [2.45, 2.75) is 19.3 Å². The van der Waals surface area contributed by atoms with E-state index in [1.165, 1.54) is 25.8 Å². The van der Waals surface area contributed by atoms with Gasteiger partial charge in [0.15, 0.2) is 5.96 Å². The van der Waals surface area contributed by atoms with Crippen molar-refractivity contribution >= 4 is 5.96 Å². The van der Waals surface area contributed by atoms with Crippen LogP contribution in [0.25, 0.3) is 0 Å². The zero-order valence-corrected chi connectivity index (χ0v) is 14.2. The van der Waals surface area contributed by atoms with E-state index in [9.17, 15) is 0 Å². The van der Waals surface area contributed by atoms with Crippen molar-refractivity contribution in [3.63, 3.8) is 0 Å². The molecule has 0 amide bonds. The van der Waals surface area contributed by atoms with E-state index in [0.717, 1.165) is 58.5 Å². The number of likely N-dealkylation sites (tertiary alicyclic amines) is 1. The molecule has 2 saturated heterocycles. The highest BCUT2D eigenvalue weighted by Gasteiger charge is 2.24. The van der Waals surface area contributed by atoms with Crippen LogP contribution in [0.4, 0.5) is 0 Å². The van der Waals surface area contributed by atoms with Crippen LogP contribution in [-0.4, -0.2) is 89.0 Å². The van der Waals surface area contributed by atoms with Gasteiger partial charge in [-0.1, -0.05) is 0 Å². The third-order valence-corrected chi connectivity index (χ3v) is 4.49. The lowest BCUT2D eigenvalue weighted by molar-refractivity contribution is 0.0372. The molecule has 0 radical (unpaired) electrons. The van der Waals surface area contributed by atoms with E-state index in [-0.39, 0.29) is 0 Å². The highest BCUT2D eigenvalue weighted by atomic mass is 16.5. The molecule has 0 aromatic rings. The zero-order chi connectivity index (χ0) is 15.6. The van der Waals surface area contributed by atoms with Gasteiger partial charge in [-0.2, -0.15) is 0 Å². The van der Waals surface area contributed by atoms with Gasteiger partial charge in [-0.05, 0) is 25.8 Å². The molecule has 2 fully saturated rings. The van der Waals surface area contributed by atoms with Gasteiger partial charge in [0.25, 0.3) is 0 Å². The SMILES string of the molecule is CN=C(NCCCCN1CCOCC1)N1CCC(COC)C1. The van der Waals surface area contributed by atoms with Crippen molar-refractivity contribution in [1.29, 1.82) is 0 Å². The molecule has 2 rings (SSSR count). The summed E-state index contributed by atoms with van der Waals surface area (Å²) in [5, 5.41) is 3.50. The second-order valence-electron chi connectivity index (χ2n) is 6.19. The number of aliphatic imine (C=N–C) groups is 1. The van der Waals surface area contributed by atoms with Gasteiger partial charge in [-0.15, -0.1) is 0 Å². The molecule has 2 aliphatic rings. The van der Waals surface area contributed by atoms with Gasteiger partial charge in [-0.25, -0.2) is 0 Å². The minimum Gasteiger partial charge on any atom is -0.384 e. The summed E-state index contributed by atoms with van der Waals surface area (Å²) in [6.45, 7) is 9.14. The Morgan fingerprint density at radius 3 is 2.82 bits per heavy atom. The summed E-state index contributed by atoms with van der Waals surface area (Å²) in [6.07, 6.45) is 3.62. The van der Waals surface area contributed by atoms with Crippen molar-refractivity contribution in [1.82, 2.24) is 15.1 Å². The van der Waals surface area contributed by atoms with E-state index in [1.54, 1.807) is 7.11 Å². The van der Waals surface area contributed by atoms with Gasteiger partial charge in [-0.3, -0.25) is 9.89 Å². The van der Waals surface area contributed by atoms with Gasteiger partial charge in [0, 0.05) is 52.8 Å². The van der Waals surface area contributed by atoms with Crippen LogP contribution in [0.15, 0.2) is 4.99 Å². The first-order chi connectivity index (χ1) is 10.8. The number of hydrogen-bond acceptors (Lipinski definition) is 4. The summed E-state index contributed by atoms with van der Waals surface area (Å²) in [7, 11) is 3.66. The maximum absolute atomic E-state index is 5.37. The molecule has 1 unspecified atom stereocenters. The normalized spacial score (nSPS) is 24.0. The van der Waals surface area contributed by atoms with Gasteiger partial charge >= 0.3 is 0 Å². The summed E-state index contributed by atoms with van der Waals surface area (Å²) in [4.78, 5) is 9.26. The number of ether oxygens (including phenoxy) is 2. The molecule has 0 aliphatic carbocycles. The highest BCUT2D eigenvalue weighted by molar-refractivity contribution is 5.80. The third kappa shape index (κ3) is 5.74. The maximum Gasteiger partial charge on any atom is 0.193 e. The molecule has 2 aliphatic heterocycles. The number of nitrogens with one attached hydrogen (secondary N) is 1. The second kappa shape index (κ2) is 10.0. The first-order valence-electron chi connectivity index (χ1n) is 8.58. The molecule has 2 heterocycles. The number of guanidine groups is 1. The van der Waals surface area contributed by atoms with Crippen molar-refractivity contribution < 1.29 is 9.47 Å². The standard InChI is InChI=1S/C16H32N4O2/c1-17-16(20-8-5-15(13-20)14-21-2)18-6-3-4-7-19-9-11-22-12-10-19/h15H,3-14H2,1-2H3,(H,17,18). The molecule has 0 aromatic heterocycles. The smallest absolute Gasteiger partial charge is 0.193 e. The number of unbranched alkanes of at least 4 members (excludes halogenated alkanes) is 1. The monoisotopic (exact) mass is 312 g/mol. The summed E-state index contributed by atoms with van der Waals surface area (Å²) in [6, 6.07) is 0. The number of rotatable bonds is 7. The lowest BCUT2D eigenvalue weighted by Crippen LogP contribution is -2.41. The predicted octanol–water partition coefficient (Wildman–Crippen LogP) is 0.643. The second-order valence-corrected chi connectivity index (χ2v) is 6.19. The van der Waals surface area contributed by atoms with Gasteiger partial charge in [0.1, 0.15) is 0 Å². The molecule has 0 bridgehead atoms.